The Hall–Kier alpha value is -3.66. The number of carbonyl (C=O) groups excluding carboxylic acids is 1. The molecule has 1 saturated carbocycles. The lowest BCUT2D eigenvalue weighted by molar-refractivity contribution is -0.113. The number of carbonyl (C=O) groups is 1. The molecule has 0 saturated heterocycles. The number of benzene rings is 2. The third-order valence-electron chi connectivity index (χ3n) is 5.16. The number of aryl methyl sites for hydroxylation is 1. The number of Topliss-reactive ketones (excluding diaryl/α,β-unsaturated/α-hetero) is 1. The second-order valence-corrected chi connectivity index (χ2v) is 7.58. The predicted molar refractivity (Wildman–Crippen MR) is 125 cm³/mol. The first-order chi connectivity index (χ1) is 15.1. The van der Waals surface area contributed by atoms with Crippen molar-refractivity contribution in [3.05, 3.63) is 111 Å². The summed E-state index contributed by atoms with van der Waals surface area (Å²) in [5.74, 6) is 0.0705. The predicted octanol–water partition coefficient (Wildman–Crippen LogP) is 6.49. The van der Waals surface area contributed by atoms with Gasteiger partial charge in [-0.15, -0.1) is 0 Å². The van der Waals surface area contributed by atoms with Crippen LogP contribution in [0.15, 0.2) is 89.1 Å². The van der Waals surface area contributed by atoms with E-state index in [0.29, 0.717) is 29.7 Å². The molecule has 0 amide bonds. The average Bonchev–Trinajstić information content (AvgIpc) is 2.78. The first kappa shape index (κ1) is 22.0. The molecule has 0 radical (unpaired) electrons. The molecular weight excluding hydrogens is 386 g/mol. The average molecular weight is 412 g/mol. The fraction of sp³-hybridized carbons (Fsp3) is 0.192. The maximum atomic E-state index is 12.9. The fourth-order valence-electron chi connectivity index (χ4n) is 3.43. The maximum absolute atomic E-state index is 12.9. The van der Waals surface area contributed by atoms with E-state index in [4.69, 9.17) is 5.53 Å². The van der Waals surface area contributed by atoms with Gasteiger partial charge in [-0.05, 0) is 42.3 Å². The van der Waals surface area contributed by atoms with Gasteiger partial charge in [0.2, 0.25) is 0 Å². The van der Waals surface area contributed by atoms with Gasteiger partial charge < -0.3 is 5.11 Å². The Kier molecular flexibility index (Phi) is 7.77. The van der Waals surface area contributed by atoms with E-state index in [1.54, 1.807) is 12.1 Å². The van der Waals surface area contributed by atoms with Crippen LogP contribution in [0.2, 0.25) is 0 Å². The Morgan fingerprint density at radius 1 is 0.968 bits per heavy atom. The van der Waals surface area contributed by atoms with E-state index in [-0.39, 0.29) is 18.3 Å². The molecule has 0 bridgehead atoms. The molecule has 1 unspecified atom stereocenters. The van der Waals surface area contributed by atoms with E-state index in [1.165, 1.54) is 5.56 Å². The fourth-order valence-corrected chi connectivity index (χ4v) is 3.43. The van der Waals surface area contributed by atoms with E-state index in [1.807, 2.05) is 67.6 Å². The van der Waals surface area contributed by atoms with Gasteiger partial charge in [0.05, 0.1) is 0 Å². The Bertz CT molecular complexity index is 1080. The summed E-state index contributed by atoms with van der Waals surface area (Å²) in [4.78, 5) is 15.7. The highest BCUT2D eigenvalue weighted by molar-refractivity contribution is 6.09. The van der Waals surface area contributed by atoms with Crippen LogP contribution in [0, 0.1) is 12.8 Å². The smallest absolute Gasteiger partial charge is 0.185 e. The molecule has 0 heterocycles. The maximum Gasteiger partial charge on any atom is 0.185 e. The summed E-state index contributed by atoms with van der Waals surface area (Å²) in [6.45, 7) is 2.10. The van der Waals surface area contributed by atoms with Gasteiger partial charge in [0.25, 0.3) is 0 Å². The number of allylic oxidation sites excluding steroid dienone is 6. The van der Waals surface area contributed by atoms with E-state index in [2.05, 4.69) is 22.2 Å². The normalized spacial score (nSPS) is 19.4. The molecule has 5 nitrogen and oxygen atoms in total. The van der Waals surface area contributed by atoms with Gasteiger partial charge in [0.15, 0.2) is 5.78 Å². The summed E-state index contributed by atoms with van der Waals surface area (Å²) in [6.07, 6.45) is 12.4. The van der Waals surface area contributed by atoms with E-state index in [0.717, 1.165) is 11.1 Å². The molecule has 1 aliphatic rings. The minimum absolute atomic E-state index is 0.0293. The summed E-state index contributed by atoms with van der Waals surface area (Å²) in [5.41, 5.74) is 13.7. The molecule has 0 aromatic heterocycles. The lowest BCUT2D eigenvalue weighted by Crippen LogP contribution is -2.22. The largest absolute Gasteiger partial charge is 0.396 e. The quantitative estimate of drug-likeness (QED) is 0.255. The molecule has 1 fully saturated rings. The highest BCUT2D eigenvalue weighted by Crippen LogP contribution is 2.30. The van der Waals surface area contributed by atoms with Crippen molar-refractivity contribution in [3.63, 3.8) is 0 Å². The van der Waals surface area contributed by atoms with Gasteiger partial charge in [-0.25, -0.2) is 0 Å². The van der Waals surface area contributed by atoms with Gasteiger partial charge in [-0.3, -0.25) is 4.79 Å². The number of aliphatic hydroxyl groups is 1. The standard InChI is InChI=1S/C26H25N3O2/c1-19-8-10-20(11-9-19)4-2-6-23-16-22(18-30)17-24(26(23)31)7-3-5-21-12-14-25(15-13-21)28-29-27/h2-15,22,30H,16-18H2,1H3/b4-2+,5-3+,23-6+,24-7+. The lowest BCUT2D eigenvalue weighted by Gasteiger charge is -2.23. The molecule has 1 aliphatic carbocycles. The lowest BCUT2D eigenvalue weighted by atomic mass is 9.81. The first-order valence-electron chi connectivity index (χ1n) is 10.2. The molecule has 0 spiro atoms. The van der Waals surface area contributed by atoms with Gasteiger partial charge in [-0.2, -0.15) is 0 Å². The van der Waals surface area contributed by atoms with Gasteiger partial charge >= 0.3 is 0 Å². The molecule has 2 aromatic carbocycles. The minimum Gasteiger partial charge on any atom is -0.396 e. The summed E-state index contributed by atoms with van der Waals surface area (Å²) < 4.78 is 0. The molecule has 5 heteroatoms. The molecule has 1 N–H and O–H groups in total. The zero-order chi connectivity index (χ0) is 22.1. The zero-order valence-corrected chi connectivity index (χ0v) is 17.5. The monoisotopic (exact) mass is 411 g/mol. The summed E-state index contributed by atoms with van der Waals surface area (Å²) >= 11 is 0. The Balaban J connectivity index is 1.74. The summed E-state index contributed by atoms with van der Waals surface area (Å²) in [7, 11) is 0. The highest BCUT2D eigenvalue weighted by atomic mass is 16.3. The van der Waals surface area contributed by atoms with Crippen LogP contribution in [0.5, 0.6) is 0 Å². The Labute approximate surface area is 182 Å². The topological polar surface area (TPSA) is 86.1 Å². The zero-order valence-electron chi connectivity index (χ0n) is 17.5. The SMILES string of the molecule is Cc1ccc(/C=C/C=C2\CC(CO)C/C(=C\C=C\c3ccc(N=[N+]=[N-])cc3)C2=O)cc1. The van der Waals surface area contributed by atoms with Crippen LogP contribution in [0.3, 0.4) is 0 Å². The van der Waals surface area contributed by atoms with Crippen molar-refractivity contribution in [2.75, 3.05) is 6.61 Å². The number of nitrogens with zero attached hydrogens (tertiary/aromatic N) is 3. The van der Waals surface area contributed by atoms with Crippen molar-refractivity contribution in [2.45, 2.75) is 19.8 Å². The van der Waals surface area contributed by atoms with Gasteiger partial charge in [0.1, 0.15) is 0 Å². The summed E-state index contributed by atoms with van der Waals surface area (Å²) in [6, 6.07) is 15.4. The second kappa shape index (κ2) is 10.9. The van der Waals surface area contributed by atoms with Crippen LogP contribution in [-0.4, -0.2) is 17.5 Å². The molecule has 1 atom stereocenters. The van der Waals surface area contributed by atoms with E-state index >= 15 is 0 Å². The molecule has 31 heavy (non-hydrogen) atoms. The van der Waals surface area contributed by atoms with E-state index in [9.17, 15) is 9.90 Å². The molecule has 0 aliphatic heterocycles. The van der Waals surface area contributed by atoms with Crippen LogP contribution in [0.25, 0.3) is 22.6 Å². The van der Waals surface area contributed by atoms with Crippen molar-refractivity contribution in [2.24, 2.45) is 11.0 Å². The number of azide groups is 1. The third-order valence-corrected chi connectivity index (χ3v) is 5.16. The van der Waals surface area contributed by atoms with Crippen LogP contribution in [-0.2, 0) is 4.79 Å². The van der Waals surface area contributed by atoms with Crippen molar-refractivity contribution in [1.29, 1.82) is 0 Å². The van der Waals surface area contributed by atoms with Crippen molar-refractivity contribution in [1.82, 2.24) is 0 Å². The minimum atomic E-state index is 0.0293. The summed E-state index contributed by atoms with van der Waals surface area (Å²) in [5, 5.41) is 13.2. The van der Waals surface area contributed by atoms with Crippen LogP contribution in [0.4, 0.5) is 5.69 Å². The number of hydrogen-bond donors (Lipinski definition) is 1. The highest BCUT2D eigenvalue weighted by Gasteiger charge is 2.26. The van der Waals surface area contributed by atoms with Gasteiger partial charge in [0, 0.05) is 28.4 Å². The number of hydrogen-bond acceptors (Lipinski definition) is 3. The van der Waals surface area contributed by atoms with Crippen LogP contribution < -0.4 is 0 Å². The van der Waals surface area contributed by atoms with Crippen LogP contribution in [0.1, 0.15) is 29.5 Å². The van der Waals surface area contributed by atoms with Crippen molar-refractivity contribution in [3.8, 4) is 0 Å². The van der Waals surface area contributed by atoms with Crippen molar-refractivity contribution < 1.29 is 9.90 Å². The Morgan fingerprint density at radius 2 is 1.48 bits per heavy atom. The number of ketones is 1. The van der Waals surface area contributed by atoms with Crippen LogP contribution >= 0.6 is 0 Å². The number of rotatable bonds is 6. The molecule has 156 valence electrons. The Morgan fingerprint density at radius 3 is 1.97 bits per heavy atom. The first-order valence-corrected chi connectivity index (χ1v) is 10.2. The third kappa shape index (κ3) is 6.41. The molecule has 2 aromatic rings. The molecular formula is C26H25N3O2. The van der Waals surface area contributed by atoms with Gasteiger partial charge in [-0.1, -0.05) is 95.7 Å². The molecule has 3 rings (SSSR count). The second-order valence-electron chi connectivity index (χ2n) is 7.58. The van der Waals surface area contributed by atoms with E-state index < -0.39 is 0 Å². The number of aliphatic hydroxyl groups excluding tert-OH is 1. The van der Waals surface area contributed by atoms with Crippen molar-refractivity contribution >= 4 is 23.6 Å².